The summed E-state index contributed by atoms with van der Waals surface area (Å²) < 4.78 is 20.4. The molecule has 1 aromatic carbocycles. The first-order chi connectivity index (χ1) is 9.52. The average molecular weight is 277 g/mol. The topological polar surface area (TPSA) is 31.2 Å². The fraction of sp³-hybridized carbons (Fsp3) is 0.438. The molecule has 3 nitrogen and oxygen atoms in total. The molecule has 2 aromatic rings. The van der Waals surface area contributed by atoms with Gasteiger partial charge in [0.15, 0.2) is 0 Å². The number of rotatable bonds is 5. The molecule has 0 aliphatic heterocycles. The molecule has 0 amide bonds. The lowest BCUT2D eigenvalue weighted by molar-refractivity contribution is -0.148. The number of carbonyl (C=O) groups excluding carboxylic acids is 1. The summed E-state index contributed by atoms with van der Waals surface area (Å²) in [5, 5.41) is 0.792. The average Bonchev–Trinajstić information content (AvgIpc) is 2.80. The summed E-state index contributed by atoms with van der Waals surface area (Å²) in [5.74, 6) is -0.194. The summed E-state index contributed by atoms with van der Waals surface area (Å²) in [6.07, 6.45) is 2.45. The van der Waals surface area contributed by atoms with Crippen LogP contribution in [0.2, 0.25) is 0 Å². The van der Waals surface area contributed by atoms with Gasteiger partial charge < -0.3 is 9.30 Å². The molecule has 0 N–H and O–H groups in total. The summed E-state index contributed by atoms with van der Waals surface area (Å²) in [6, 6.07) is 6.03. The zero-order valence-electron chi connectivity index (χ0n) is 12.1. The van der Waals surface area contributed by atoms with E-state index in [4.69, 9.17) is 4.74 Å². The normalized spacial score (nSPS) is 12.8. The van der Waals surface area contributed by atoms with Gasteiger partial charge in [-0.3, -0.25) is 0 Å². The van der Waals surface area contributed by atoms with E-state index in [0.29, 0.717) is 18.9 Å². The van der Waals surface area contributed by atoms with Crippen molar-refractivity contribution in [3.8, 4) is 0 Å². The standard InChI is InChI=1S/C16H20FNO2/c1-4-14(16(19)20-10-11(2)3)18-8-7-12-9-13(17)5-6-15(12)18/h5-9,11,14H,4,10H2,1-3H3. The molecule has 20 heavy (non-hydrogen) atoms. The molecule has 0 fully saturated rings. The zero-order chi connectivity index (χ0) is 14.7. The van der Waals surface area contributed by atoms with Gasteiger partial charge in [0, 0.05) is 17.1 Å². The van der Waals surface area contributed by atoms with Gasteiger partial charge in [0.2, 0.25) is 0 Å². The fourth-order valence-corrected chi connectivity index (χ4v) is 2.23. The number of carbonyl (C=O) groups is 1. The first kappa shape index (κ1) is 14.6. The number of esters is 1. The predicted octanol–water partition coefficient (Wildman–Crippen LogP) is 3.93. The van der Waals surface area contributed by atoms with E-state index < -0.39 is 0 Å². The quantitative estimate of drug-likeness (QED) is 0.775. The highest BCUT2D eigenvalue weighted by Crippen LogP contribution is 2.24. The third kappa shape index (κ3) is 3.00. The third-order valence-corrected chi connectivity index (χ3v) is 3.24. The van der Waals surface area contributed by atoms with Crippen molar-refractivity contribution in [3.05, 3.63) is 36.3 Å². The first-order valence-corrected chi connectivity index (χ1v) is 6.95. The largest absolute Gasteiger partial charge is 0.464 e. The van der Waals surface area contributed by atoms with Crippen molar-refractivity contribution >= 4 is 16.9 Å². The molecular weight excluding hydrogens is 257 g/mol. The number of ether oxygens (including phenoxy) is 1. The summed E-state index contributed by atoms with van der Waals surface area (Å²) in [6.45, 7) is 6.37. The third-order valence-electron chi connectivity index (χ3n) is 3.24. The van der Waals surface area contributed by atoms with Crippen molar-refractivity contribution < 1.29 is 13.9 Å². The number of aromatic nitrogens is 1. The van der Waals surface area contributed by atoms with Crippen LogP contribution >= 0.6 is 0 Å². The Labute approximate surface area is 118 Å². The van der Waals surface area contributed by atoms with Gasteiger partial charge in [0.1, 0.15) is 11.9 Å². The Morgan fingerprint density at radius 2 is 2.10 bits per heavy atom. The monoisotopic (exact) mass is 277 g/mol. The van der Waals surface area contributed by atoms with Crippen molar-refractivity contribution in [2.75, 3.05) is 6.61 Å². The lowest BCUT2D eigenvalue weighted by Gasteiger charge is -2.18. The first-order valence-electron chi connectivity index (χ1n) is 6.95. The summed E-state index contributed by atoms with van der Waals surface area (Å²) in [7, 11) is 0. The lowest BCUT2D eigenvalue weighted by Crippen LogP contribution is -2.22. The number of nitrogens with zero attached hydrogens (tertiary/aromatic N) is 1. The molecule has 1 aromatic heterocycles. The van der Waals surface area contributed by atoms with E-state index in [0.717, 1.165) is 10.9 Å². The lowest BCUT2D eigenvalue weighted by atomic mass is 10.2. The van der Waals surface area contributed by atoms with Gasteiger partial charge >= 0.3 is 5.97 Å². The minimum atomic E-state index is -0.364. The highest BCUT2D eigenvalue weighted by Gasteiger charge is 2.21. The minimum Gasteiger partial charge on any atom is -0.464 e. The van der Waals surface area contributed by atoms with Gasteiger partial charge in [-0.25, -0.2) is 9.18 Å². The van der Waals surface area contributed by atoms with Crippen molar-refractivity contribution in [2.24, 2.45) is 5.92 Å². The number of halogens is 1. The van der Waals surface area contributed by atoms with Crippen LogP contribution in [-0.2, 0) is 9.53 Å². The van der Waals surface area contributed by atoms with E-state index in [-0.39, 0.29) is 17.8 Å². The molecule has 0 radical (unpaired) electrons. The summed E-state index contributed by atoms with van der Waals surface area (Å²) in [5.41, 5.74) is 0.847. The molecule has 108 valence electrons. The molecule has 0 saturated carbocycles. The van der Waals surface area contributed by atoms with Gasteiger partial charge in [-0.1, -0.05) is 20.8 Å². The van der Waals surface area contributed by atoms with Crippen LogP contribution in [0.3, 0.4) is 0 Å². The molecule has 1 heterocycles. The predicted molar refractivity (Wildman–Crippen MR) is 77.0 cm³/mol. The molecule has 0 bridgehead atoms. The Morgan fingerprint density at radius 1 is 1.35 bits per heavy atom. The van der Waals surface area contributed by atoms with E-state index in [9.17, 15) is 9.18 Å². The van der Waals surface area contributed by atoms with E-state index >= 15 is 0 Å². The fourth-order valence-electron chi connectivity index (χ4n) is 2.23. The highest BCUT2D eigenvalue weighted by molar-refractivity contribution is 5.83. The van der Waals surface area contributed by atoms with E-state index in [1.807, 2.05) is 37.6 Å². The van der Waals surface area contributed by atoms with Crippen molar-refractivity contribution in [3.63, 3.8) is 0 Å². The number of hydrogen-bond donors (Lipinski definition) is 0. The maximum absolute atomic E-state index is 13.2. The van der Waals surface area contributed by atoms with Crippen LogP contribution in [0.4, 0.5) is 4.39 Å². The Kier molecular flexibility index (Phi) is 4.42. The summed E-state index contributed by atoms with van der Waals surface area (Å²) >= 11 is 0. The van der Waals surface area contributed by atoms with Gasteiger partial charge in [-0.15, -0.1) is 0 Å². The molecule has 1 unspecified atom stereocenters. The number of fused-ring (bicyclic) bond motifs is 1. The summed E-state index contributed by atoms with van der Waals surface area (Å²) in [4.78, 5) is 12.2. The second kappa shape index (κ2) is 6.07. The van der Waals surface area contributed by atoms with E-state index in [1.54, 1.807) is 6.07 Å². The molecule has 2 rings (SSSR count). The Balaban J connectivity index is 2.27. The van der Waals surface area contributed by atoms with Crippen LogP contribution in [0.25, 0.3) is 10.9 Å². The zero-order valence-corrected chi connectivity index (χ0v) is 12.1. The molecule has 0 spiro atoms. The molecule has 0 saturated heterocycles. The molecule has 1 atom stereocenters. The van der Waals surface area contributed by atoms with Gasteiger partial charge in [0.05, 0.1) is 6.61 Å². The van der Waals surface area contributed by atoms with Crippen LogP contribution in [0.15, 0.2) is 30.5 Å². The van der Waals surface area contributed by atoms with E-state index in [2.05, 4.69) is 0 Å². The Hall–Kier alpha value is -1.84. The second-order valence-electron chi connectivity index (χ2n) is 5.37. The van der Waals surface area contributed by atoms with Crippen LogP contribution in [0.5, 0.6) is 0 Å². The van der Waals surface area contributed by atoms with Gasteiger partial charge in [-0.2, -0.15) is 0 Å². The number of benzene rings is 1. The van der Waals surface area contributed by atoms with Crippen LogP contribution in [0.1, 0.15) is 33.2 Å². The second-order valence-corrected chi connectivity index (χ2v) is 5.37. The van der Waals surface area contributed by atoms with Crippen molar-refractivity contribution in [1.29, 1.82) is 0 Å². The number of hydrogen-bond acceptors (Lipinski definition) is 2. The molecule has 0 aliphatic rings. The maximum atomic E-state index is 13.2. The minimum absolute atomic E-state index is 0.233. The highest BCUT2D eigenvalue weighted by atomic mass is 19.1. The van der Waals surface area contributed by atoms with Gasteiger partial charge in [0.25, 0.3) is 0 Å². The van der Waals surface area contributed by atoms with Crippen LogP contribution < -0.4 is 0 Å². The van der Waals surface area contributed by atoms with E-state index in [1.165, 1.54) is 12.1 Å². The molecule has 4 heteroatoms. The van der Waals surface area contributed by atoms with Crippen LogP contribution in [-0.4, -0.2) is 17.1 Å². The van der Waals surface area contributed by atoms with Crippen LogP contribution in [0, 0.1) is 11.7 Å². The molecule has 0 aliphatic carbocycles. The van der Waals surface area contributed by atoms with Crippen molar-refractivity contribution in [1.82, 2.24) is 4.57 Å². The smallest absolute Gasteiger partial charge is 0.329 e. The molecular formula is C16H20FNO2. The Bertz CT molecular complexity index is 604. The van der Waals surface area contributed by atoms with Gasteiger partial charge in [-0.05, 0) is 36.6 Å². The Morgan fingerprint density at radius 3 is 2.75 bits per heavy atom. The SMILES string of the molecule is CCC(C(=O)OCC(C)C)n1ccc2cc(F)ccc21. The van der Waals surface area contributed by atoms with Crippen molar-refractivity contribution in [2.45, 2.75) is 33.2 Å². The maximum Gasteiger partial charge on any atom is 0.329 e.